The molecule has 0 aromatic heterocycles. The van der Waals surface area contributed by atoms with Gasteiger partial charge in [0.1, 0.15) is 0 Å². The molecule has 0 aliphatic carbocycles. The summed E-state index contributed by atoms with van der Waals surface area (Å²) in [5.41, 5.74) is 0.369. The first-order chi connectivity index (χ1) is 14.2. The molecule has 0 heterocycles. The second-order valence-corrected chi connectivity index (χ2v) is 12.2. The standard InChI is InChI=1S/C21H35FO7P2/c1-14(2)26-30(23,27-15(3)4)21(31(24,28-16(5)6)29-17(7)8)13-18-10-11-19(22)20(12-18)25-9/h10-17H,1-9H3. The van der Waals surface area contributed by atoms with Gasteiger partial charge in [-0.25, -0.2) is 4.39 Å². The fraction of sp³-hybridized carbons (Fsp3) is 0.619. The summed E-state index contributed by atoms with van der Waals surface area (Å²) in [5, 5.41) is -0.251. The van der Waals surface area contributed by atoms with Gasteiger partial charge in [0.15, 0.2) is 16.6 Å². The Morgan fingerprint density at radius 1 is 0.806 bits per heavy atom. The molecule has 31 heavy (non-hydrogen) atoms. The van der Waals surface area contributed by atoms with Gasteiger partial charge in [0.25, 0.3) is 0 Å². The Morgan fingerprint density at radius 2 is 1.19 bits per heavy atom. The quantitative estimate of drug-likeness (QED) is 0.292. The minimum Gasteiger partial charge on any atom is -0.494 e. The maximum atomic E-state index is 14.0. The van der Waals surface area contributed by atoms with E-state index < -0.39 is 45.4 Å². The van der Waals surface area contributed by atoms with E-state index in [0.717, 1.165) is 0 Å². The van der Waals surface area contributed by atoms with E-state index in [2.05, 4.69) is 0 Å². The highest BCUT2D eigenvalue weighted by atomic mass is 31.2. The van der Waals surface area contributed by atoms with Crippen LogP contribution in [0.2, 0.25) is 0 Å². The second kappa shape index (κ2) is 11.7. The predicted molar refractivity (Wildman–Crippen MR) is 121 cm³/mol. The van der Waals surface area contributed by atoms with Crippen molar-refractivity contribution in [2.24, 2.45) is 0 Å². The summed E-state index contributed by atoms with van der Waals surface area (Å²) in [6.07, 6.45) is -0.701. The molecule has 178 valence electrons. The Hall–Kier alpha value is -1.01. The Balaban J connectivity index is 3.86. The van der Waals surface area contributed by atoms with E-state index in [1.165, 1.54) is 31.4 Å². The molecule has 0 radical (unpaired) electrons. The number of ether oxygens (including phenoxy) is 1. The van der Waals surface area contributed by atoms with Crippen LogP contribution >= 0.6 is 15.2 Å². The first kappa shape index (κ1) is 28.0. The van der Waals surface area contributed by atoms with Gasteiger partial charge >= 0.3 is 15.2 Å². The third-order valence-electron chi connectivity index (χ3n) is 3.43. The average Bonchev–Trinajstić information content (AvgIpc) is 2.57. The smallest absolute Gasteiger partial charge is 0.370 e. The normalized spacial score (nSPS) is 12.8. The Labute approximate surface area is 185 Å². The summed E-state index contributed by atoms with van der Waals surface area (Å²) in [5.74, 6) is -0.594. The van der Waals surface area contributed by atoms with Crippen LogP contribution in [0.4, 0.5) is 4.39 Å². The van der Waals surface area contributed by atoms with Crippen molar-refractivity contribution in [3.8, 4) is 5.75 Å². The van der Waals surface area contributed by atoms with Gasteiger partial charge in [-0.3, -0.25) is 9.13 Å². The fourth-order valence-corrected chi connectivity index (χ4v) is 7.73. The molecular formula is C21H35FO7P2. The van der Waals surface area contributed by atoms with Crippen molar-refractivity contribution in [3.63, 3.8) is 0 Å². The number of methoxy groups -OCH3 is 1. The average molecular weight is 480 g/mol. The highest BCUT2D eigenvalue weighted by molar-refractivity contribution is 7.79. The van der Waals surface area contributed by atoms with E-state index in [-0.39, 0.29) is 10.8 Å². The van der Waals surface area contributed by atoms with Crippen LogP contribution in [0.1, 0.15) is 61.0 Å². The van der Waals surface area contributed by atoms with Gasteiger partial charge in [-0.15, -0.1) is 0 Å². The van der Waals surface area contributed by atoms with Crippen LogP contribution in [0.25, 0.3) is 6.08 Å². The Morgan fingerprint density at radius 3 is 1.52 bits per heavy atom. The molecule has 0 bridgehead atoms. The summed E-state index contributed by atoms with van der Waals surface area (Å²) in [7, 11) is -7.00. The number of rotatable bonds is 12. The van der Waals surface area contributed by atoms with Gasteiger partial charge in [-0.2, -0.15) is 0 Å². The Kier molecular flexibility index (Phi) is 10.6. The third kappa shape index (κ3) is 8.45. The Bertz CT molecular complexity index is 782. The number of halogens is 1. The first-order valence-electron chi connectivity index (χ1n) is 10.2. The molecule has 10 heteroatoms. The van der Waals surface area contributed by atoms with Crippen molar-refractivity contribution in [3.05, 3.63) is 34.6 Å². The van der Waals surface area contributed by atoms with Crippen molar-refractivity contribution in [2.45, 2.75) is 79.8 Å². The molecule has 0 aliphatic rings. The van der Waals surface area contributed by atoms with E-state index in [4.69, 9.17) is 22.8 Å². The van der Waals surface area contributed by atoms with Crippen LogP contribution in [-0.4, -0.2) is 31.5 Å². The monoisotopic (exact) mass is 480 g/mol. The summed E-state index contributed by atoms with van der Waals surface area (Å²) in [6, 6.07) is 4.01. The second-order valence-electron chi connectivity index (χ2n) is 8.01. The van der Waals surface area contributed by atoms with Gasteiger partial charge in [-0.05, 0) is 79.2 Å². The molecule has 0 saturated carbocycles. The van der Waals surface area contributed by atoms with Crippen LogP contribution in [-0.2, 0) is 27.2 Å². The zero-order chi connectivity index (χ0) is 24.0. The molecule has 0 N–H and O–H groups in total. The molecule has 7 nitrogen and oxygen atoms in total. The fourth-order valence-electron chi connectivity index (χ4n) is 2.60. The van der Waals surface area contributed by atoms with Crippen molar-refractivity contribution in [1.82, 2.24) is 0 Å². The van der Waals surface area contributed by atoms with Gasteiger partial charge in [-0.1, -0.05) is 6.07 Å². The maximum Gasteiger partial charge on any atom is 0.370 e. The highest BCUT2D eigenvalue weighted by Gasteiger charge is 2.47. The summed E-state index contributed by atoms with van der Waals surface area (Å²) >= 11 is 0. The third-order valence-corrected chi connectivity index (χ3v) is 9.08. The van der Waals surface area contributed by atoms with Crippen molar-refractivity contribution in [1.29, 1.82) is 0 Å². The number of hydrogen-bond acceptors (Lipinski definition) is 7. The molecular weight excluding hydrogens is 445 g/mol. The lowest BCUT2D eigenvalue weighted by Gasteiger charge is -2.30. The zero-order valence-electron chi connectivity index (χ0n) is 19.7. The molecule has 1 aromatic rings. The van der Waals surface area contributed by atoms with E-state index >= 15 is 0 Å². The number of hydrogen-bond donors (Lipinski definition) is 0. The van der Waals surface area contributed by atoms with Crippen LogP contribution in [0.15, 0.2) is 23.3 Å². The molecule has 0 unspecified atom stereocenters. The SMILES string of the molecule is COc1cc(C=C(P(=O)(OC(C)C)OC(C)C)P(=O)(OC(C)C)OC(C)C)ccc1F. The van der Waals surface area contributed by atoms with Gasteiger partial charge in [0.05, 0.1) is 31.5 Å². The van der Waals surface area contributed by atoms with E-state index in [9.17, 15) is 13.5 Å². The van der Waals surface area contributed by atoms with Gasteiger partial charge < -0.3 is 22.8 Å². The largest absolute Gasteiger partial charge is 0.494 e. The lowest BCUT2D eigenvalue weighted by atomic mass is 10.2. The molecule has 0 atom stereocenters. The molecule has 0 fully saturated rings. The summed E-state index contributed by atoms with van der Waals surface area (Å²) in [4.78, 5) is 0. The van der Waals surface area contributed by atoms with Crippen molar-refractivity contribution < 1.29 is 36.4 Å². The summed E-state index contributed by atoms with van der Waals surface area (Å²) < 4.78 is 69.8. The number of benzene rings is 1. The van der Waals surface area contributed by atoms with Crippen LogP contribution in [0.5, 0.6) is 5.75 Å². The summed E-state index contributed by atoms with van der Waals surface area (Å²) in [6.45, 7) is 13.5. The first-order valence-corrected chi connectivity index (χ1v) is 13.3. The van der Waals surface area contributed by atoms with Crippen molar-refractivity contribution in [2.75, 3.05) is 7.11 Å². The van der Waals surface area contributed by atoms with E-state index in [1.807, 2.05) is 0 Å². The van der Waals surface area contributed by atoms with E-state index in [1.54, 1.807) is 55.4 Å². The van der Waals surface area contributed by atoms with Crippen LogP contribution < -0.4 is 4.74 Å². The van der Waals surface area contributed by atoms with E-state index in [0.29, 0.717) is 5.56 Å². The predicted octanol–water partition coefficient (Wildman–Crippen LogP) is 7.22. The topological polar surface area (TPSA) is 80.3 Å². The molecule has 0 saturated heterocycles. The molecule has 1 aromatic carbocycles. The molecule has 1 rings (SSSR count). The minimum atomic E-state index is -4.16. The van der Waals surface area contributed by atoms with Gasteiger partial charge in [0.2, 0.25) is 0 Å². The lowest BCUT2D eigenvalue weighted by Crippen LogP contribution is -2.14. The van der Waals surface area contributed by atoms with Crippen LogP contribution in [0.3, 0.4) is 0 Å². The highest BCUT2D eigenvalue weighted by Crippen LogP contribution is 2.75. The van der Waals surface area contributed by atoms with Crippen LogP contribution in [0, 0.1) is 5.82 Å². The molecule has 0 aliphatic heterocycles. The lowest BCUT2D eigenvalue weighted by molar-refractivity contribution is 0.138. The van der Waals surface area contributed by atoms with Crippen molar-refractivity contribution >= 4 is 21.3 Å². The maximum absolute atomic E-state index is 14.0. The molecule has 0 amide bonds. The molecule has 0 spiro atoms. The minimum absolute atomic E-state index is 0.0260. The van der Waals surface area contributed by atoms with Gasteiger partial charge in [0, 0.05) is 0 Å². The zero-order valence-corrected chi connectivity index (χ0v) is 21.5.